The summed E-state index contributed by atoms with van der Waals surface area (Å²) >= 11 is 10.0. The number of halogens is 1. The number of alkyl halides is 1. The minimum Gasteiger partial charge on any atom is -0.476 e. The summed E-state index contributed by atoms with van der Waals surface area (Å²) in [4.78, 5) is 15.3. The first-order valence-corrected chi connectivity index (χ1v) is 15.1. The number of benzene rings is 1. The molecule has 0 aliphatic heterocycles. The minimum absolute atomic E-state index is 0.00554. The third-order valence-electron chi connectivity index (χ3n) is 6.84. The molecule has 0 radical (unpaired) electrons. The average molecular weight is 540 g/mol. The van der Waals surface area contributed by atoms with Crippen molar-refractivity contribution in [3.05, 3.63) is 46.5 Å². The quantitative estimate of drug-likeness (QED) is 0.141. The van der Waals surface area contributed by atoms with Gasteiger partial charge >= 0.3 is 5.97 Å². The van der Waals surface area contributed by atoms with E-state index in [1.165, 1.54) is 16.9 Å². The molecule has 5 nitrogen and oxygen atoms in total. The number of rotatable bonds is 15. The molecule has 1 fully saturated rings. The van der Waals surface area contributed by atoms with Gasteiger partial charge in [0.1, 0.15) is 0 Å². The first-order chi connectivity index (χ1) is 16.9. The fourth-order valence-electron chi connectivity index (χ4n) is 4.80. The Balaban J connectivity index is 1.58. The number of aliphatic hydroxyl groups is 1. The van der Waals surface area contributed by atoms with Crippen molar-refractivity contribution >= 4 is 40.7 Å². The standard InChI is InChI=1S/C27H38ClNO4S2/c1-3-5-14-33-24-16-20(13-15-34-27-29-22(17-35-27)26(31)32)21(25(24)28)12-9-18-7-10-19(11-8-18)23(30)6-4-2/h7-8,10-11,17,20-21,23-25,30H,3-6,9,12-16H2,1-2H3,(H,31,32)/t20-,21+,23?,24?,25?/m0/s1. The average Bonchev–Trinajstić information content (AvgIpc) is 3.44. The summed E-state index contributed by atoms with van der Waals surface area (Å²) in [5.41, 5.74) is 2.38. The number of hydrogen-bond donors (Lipinski definition) is 2. The third kappa shape index (κ3) is 8.46. The van der Waals surface area contributed by atoms with Crippen LogP contribution in [0.4, 0.5) is 0 Å². The van der Waals surface area contributed by atoms with Gasteiger partial charge in [-0.1, -0.05) is 62.7 Å². The van der Waals surface area contributed by atoms with Crippen molar-refractivity contribution in [3.63, 3.8) is 0 Å². The van der Waals surface area contributed by atoms with Gasteiger partial charge in [0.2, 0.25) is 0 Å². The zero-order valence-electron chi connectivity index (χ0n) is 20.7. The Morgan fingerprint density at radius 3 is 2.69 bits per heavy atom. The molecule has 2 aromatic rings. The number of unbranched alkanes of at least 4 members (excludes halogenated alkanes) is 1. The van der Waals surface area contributed by atoms with E-state index in [9.17, 15) is 9.90 Å². The Kier molecular flexibility index (Phi) is 11.8. The highest BCUT2D eigenvalue weighted by Gasteiger charge is 2.42. The fraction of sp³-hybridized carbons (Fsp3) is 0.630. The molecule has 3 rings (SSSR count). The van der Waals surface area contributed by atoms with Gasteiger partial charge in [-0.25, -0.2) is 9.78 Å². The van der Waals surface area contributed by atoms with Crippen LogP contribution in [0.15, 0.2) is 34.0 Å². The van der Waals surface area contributed by atoms with Gasteiger partial charge in [0.15, 0.2) is 10.0 Å². The zero-order chi connectivity index (χ0) is 25.2. The second-order valence-electron chi connectivity index (χ2n) is 9.39. The van der Waals surface area contributed by atoms with Gasteiger partial charge in [0, 0.05) is 17.7 Å². The molecule has 5 atom stereocenters. The zero-order valence-corrected chi connectivity index (χ0v) is 23.1. The molecule has 1 aliphatic rings. The Labute approximate surface area is 222 Å². The molecule has 1 heterocycles. The summed E-state index contributed by atoms with van der Waals surface area (Å²) in [7, 11) is 0. The Morgan fingerprint density at radius 1 is 1.26 bits per heavy atom. The number of nitrogens with zero attached hydrogens (tertiary/aromatic N) is 1. The highest BCUT2D eigenvalue weighted by molar-refractivity contribution is 8.01. The van der Waals surface area contributed by atoms with E-state index in [-0.39, 0.29) is 23.3 Å². The van der Waals surface area contributed by atoms with Crippen molar-refractivity contribution in [2.24, 2.45) is 11.8 Å². The molecular formula is C27H38ClNO4S2. The largest absolute Gasteiger partial charge is 0.476 e. The first-order valence-electron chi connectivity index (χ1n) is 12.8. The third-order valence-corrected chi connectivity index (χ3v) is 9.50. The van der Waals surface area contributed by atoms with E-state index in [4.69, 9.17) is 21.4 Å². The number of thioether (sulfide) groups is 1. The second-order valence-corrected chi connectivity index (χ2v) is 12.1. The number of aromatic carboxylic acids is 1. The van der Waals surface area contributed by atoms with Crippen molar-refractivity contribution in [3.8, 4) is 0 Å². The number of aryl methyl sites for hydroxylation is 1. The lowest BCUT2D eigenvalue weighted by Gasteiger charge is -2.22. The molecule has 0 bridgehead atoms. The number of thiazole rings is 1. The van der Waals surface area contributed by atoms with Gasteiger partial charge in [0.05, 0.1) is 17.6 Å². The lowest BCUT2D eigenvalue weighted by atomic mass is 9.88. The summed E-state index contributed by atoms with van der Waals surface area (Å²) in [6.45, 7) is 5.01. The number of aromatic nitrogens is 1. The summed E-state index contributed by atoms with van der Waals surface area (Å²) in [5, 5.41) is 20.9. The molecular weight excluding hydrogens is 502 g/mol. The van der Waals surface area contributed by atoms with Gasteiger partial charge in [-0.2, -0.15) is 0 Å². The van der Waals surface area contributed by atoms with E-state index in [1.54, 1.807) is 17.1 Å². The lowest BCUT2D eigenvalue weighted by molar-refractivity contribution is 0.0541. The van der Waals surface area contributed by atoms with Crippen LogP contribution in [0.1, 0.15) is 86.5 Å². The van der Waals surface area contributed by atoms with Crippen molar-refractivity contribution in [2.75, 3.05) is 12.4 Å². The molecule has 1 aromatic carbocycles. The molecule has 2 N–H and O–H groups in total. The van der Waals surface area contributed by atoms with Crippen LogP contribution in [-0.4, -0.2) is 45.0 Å². The SMILES string of the molecule is CCCCOC1C[C@H](CCSc2nc(C(=O)O)cs2)[C@@H](CCc2ccc(C(O)CCC)cc2)C1Cl. The van der Waals surface area contributed by atoms with E-state index in [0.29, 0.717) is 11.8 Å². The van der Waals surface area contributed by atoms with E-state index in [1.807, 2.05) is 12.1 Å². The Bertz CT molecular complexity index is 907. The molecule has 1 saturated carbocycles. The first kappa shape index (κ1) is 28.5. The van der Waals surface area contributed by atoms with Crippen molar-refractivity contribution in [1.82, 2.24) is 4.98 Å². The summed E-state index contributed by atoms with van der Waals surface area (Å²) in [5.74, 6) is 0.762. The van der Waals surface area contributed by atoms with Crippen LogP contribution in [0.25, 0.3) is 0 Å². The van der Waals surface area contributed by atoms with Crippen LogP contribution < -0.4 is 0 Å². The monoisotopic (exact) mass is 539 g/mol. The Morgan fingerprint density at radius 2 is 2.03 bits per heavy atom. The summed E-state index contributed by atoms with van der Waals surface area (Å²) in [6.07, 6.45) is 7.57. The maximum absolute atomic E-state index is 11.1. The fourth-order valence-corrected chi connectivity index (χ4v) is 7.25. The molecule has 0 saturated heterocycles. The van der Waals surface area contributed by atoms with E-state index < -0.39 is 5.97 Å². The maximum Gasteiger partial charge on any atom is 0.355 e. The normalized spacial score (nSPS) is 23.0. The molecule has 35 heavy (non-hydrogen) atoms. The molecule has 8 heteroatoms. The van der Waals surface area contributed by atoms with E-state index in [2.05, 4.69) is 31.0 Å². The van der Waals surface area contributed by atoms with Crippen LogP contribution in [0.3, 0.4) is 0 Å². The van der Waals surface area contributed by atoms with Crippen LogP contribution in [0.2, 0.25) is 0 Å². The summed E-state index contributed by atoms with van der Waals surface area (Å²) in [6, 6.07) is 8.36. The van der Waals surface area contributed by atoms with Crippen LogP contribution in [0, 0.1) is 11.8 Å². The van der Waals surface area contributed by atoms with Crippen LogP contribution >= 0.6 is 34.7 Å². The van der Waals surface area contributed by atoms with E-state index in [0.717, 1.165) is 73.6 Å². The van der Waals surface area contributed by atoms with Crippen LogP contribution in [-0.2, 0) is 11.2 Å². The van der Waals surface area contributed by atoms with Gasteiger partial charge in [-0.3, -0.25) is 0 Å². The Hall–Kier alpha value is -1.12. The molecule has 0 spiro atoms. The molecule has 0 amide bonds. The van der Waals surface area contributed by atoms with Gasteiger partial charge in [-0.15, -0.1) is 22.9 Å². The number of aliphatic hydroxyl groups excluding tert-OH is 1. The highest BCUT2D eigenvalue weighted by atomic mass is 35.5. The topological polar surface area (TPSA) is 79.7 Å². The predicted molar refractivity (Wildman–Crippen MR) is 145 cm³/mol. The van der Waals surface area contributed by atoms with E-state index >= 15 is 0 Å². The predicted octanol–water partition coefficient (Wildman–Crippen LogP) is 7.22. The van der Waals surface area contributed by atoms with Gasteiger partial charge in [-0.05, 0) is 61.5 Å². The summed E-state index contributed by atoms with van der Waals surface area (Å²) < 4.78 is 6.99. The van der Waals surface area contributed by atoms with Gasteiger partial charge in [0.25, 0.3) is 0 Å². The highest BCUT2D eigenvalue weighted by Crippen LogP contribution is 2.43. The number of carbonyl (C=O) groups is 1. The second kappa shape index (κ2) is 14.6. The van der Waals surface area contributed by atoms with Gasteiger partial charge < -0.3 is 14.9 Å². The minimum atomic E-state index is -0.978. The number of carboxylic acids is 1. The number of hydrogen-bond acceptors (Lipinski definition) is 6. The molecule has 3 unspecified atom stereocenters. The smallest absolute Gasteiger partial charge is 0.355 e. The molecule has 1 aliphatic carbocycles. The van der Waals surface area contributed by atoms with Crippen molar-refractivity contribution in [1.29, 1.82) is 0 Å². The number of carboxylic acid groups (broad SMARTS) is 1. The lowest BCUT2D eigenvalue weighted by Crippen LogP contribution is -2.24. The number of ether oxygens (including phenoxy) is 1. The van der Waals surface area contributed by atoms with Crippen molar-refractivity contribution in [2.45, 2.75) is 87.1 Å². The van der Waals surface area contributed by atoms with Crippen molar-refractivity contribution < 1.29 is 19.7 Å². The van der Waals surface area contributed by atoms with Crippen LogP contribution in [0.5, 0.6) is 0 Å². The molecule has 1 aromatic heterocycles. The maximum atomic E-state index is 11.1. The molecule has 194 valence electrons.